The van der Waals surface area contributed by atoms with Gasteiger partial charge in [-0.2, -0.15) is 5.10 Å². The number of carbonyl (C=O) groups excluding carboxylic acids is 2. The zero-order chi connectivity index (χ0) is 14.7. The molecule has 0 aliphatic carbocycles. The molecular weight excluding hydrogens is 258 g/mol. The van der Waals surface area contributed by atoms with Gasteiger partial charge < -0.3 is 10.1 Å². The lowest BCUT2D eigenvalue weighted by atomic mass is 10.1. The summed E-state index contributed by atoms with van der Waals surface area (Å²) in [5.74, 6) is -0.827. The zero-order valence-electron chi connectivity index (χ0n) is 11.5. The largest absolute Gasteiger partial charge is 0.465 e. The standard InChI is InChI=1S/C14H15N3O3/c1-9-8-12(17(2)16-9)13(18)15-11-7-5-4-6-10(11)14(19)20-3/h4-8H,1-3H3,(H,15,18). The number of para-hydroxylation sites is 1. The van der Waals surface area contributed by atoms with E-state index < -0.39 is 5.97 Å². The number of ether oxygens (including phenoxy) is 1. The SMILES string of the molecule is COC(=O)c1ccccc1NC(=O)c1cc(C)nn1C. The number of hydrogen-bond donors (Lipinski definition) is 1. The Kier molecular flexibility index (Phi) is 3.84. The van der Waals surface area contributed by atoms with Gasteiger partial charge in [0.05, 0.1) is 24.1 Å². The Morgan fingerprint density at radius 1 is 1.30 bits per heavy atom. The molecule has 1 N–H and O–H groups in total. The molecule has 20 heavy (non-hydrogen) atoms. The van der Waals surface area contributed by atoms with Gasteiger partial charge >= 0.3 is 5.97 Å². The molecule has 0 aliphatic heterocycles. The number of aromatic nitrogens is 2. The van der Waals surface area contributed by atoms with Crippen molar-refractivity contribution in [3.8, 4) is 0 Å². The topological polar surface area (TPSA) is 73.2 Å². The fourth-order valence-electron chi connectivity index (χ4n) is 1.89. The van der Waals surface area contributed by atoms with Crippen LogP contribution in [0.4, 0.5) is 5.69 Å². The van der Waals surface area contributed by atoms with Gasteiger partial charge in [0.1, 0.15) is 5.69 Å². The van der Waals surface area contributed by atoms with Crippen molar-refractivity contribution in [1.82, 2.24) is 9.78 Å². The normalized spacial score (nSPS) is 10.2. The molecule has 0 aliphatic rings. The number of nitrogens with zero attached hydrogens (tertiary/aromatic N) is 2. The number of rotatable bonds is 3. The number of hydrogen-bond acceptors (Lipinski definition) is 4. The van der Waals surface area contributed by atoms with Crippen LogP contribution in [0.3, 0.4) is 0 Å². The van der Waals surface area contributed by atoms with Crippen molar-refractivity contribution in [1.29, 1.82) is 0 Å². The van der Waals surface area contributed by atoms with Crippen molar-refractivity contribution in [2.24, 2.45) is 7.05 Å². The van der Waals surface area contributed by atoms with Crippen LogP contribution in [0.25, 0.3) is 0 Å². The van der Waals surface area contributed by atoms with E-state index in [9.17, 15) is 9.59 Å². The number of nitrogens with one attached hydrogen (secondary N) is 1. The molecule has 0 fully saturated rings. The maximum absolute atomic E-state index is 12.2. The third-order valence-electron chi connectivity index (χ3n) is 2.82. The molecule has 1 aromatic carbocycles. The highest BCUT2D eigenvalue weighted by Gasteiger charge is 2.16. The quantitative estimate of drug-likeness (QED) is 0.865. The fraction of sp³-hybridized carbons (Fsp3) is 0.214. The molecule has 6 nitrogen and oxygen atoms in total. The van der Waals surface area contributed by atoms with Gasteiger partial charge in [0.2, 0.25) is 0 Å². The van der Waals surface area contributed by atoms with E-state index in [-0.39, 0.29) is 5.91 Å². The number of methoxy groups -OCH3 is 1. The number of amides is 1. The minimum absolute atomic E-state index is 0.308. The van der Waals surface area contributed by atoms with Crippen LogP contribution in [0.1, 0.15) is 26.5 Å². The Morgan fingerprint density at radius 2 is 2.00 bits per heavy atom. The third-order valence-corrected chi connectivity index (χ3v) is 2.82. The first-order valence-corrected chi connectivity index (χ1v) is 6.02. The summed E-state index contributed by atoms with van der Waals surface area (Å²) in [7, 11) is 2.99. The maximum Gasteiger partial charge on any atom is 0.339 e. The number of esters is 1. The molecule has 0 saturated heterocycles. The van der Waals surface area contributed by atoms with E-state index in [1.54, 1.807) is 44.3 Å². The van der Waals surface area contributed by atoms with E-state index >= 15 is 0 Å². The van der Waals surface area contributed by atoms with Gasteiger partial charge in [0.15, 0.2) is 0 Å². The first kappa shape index (κ1) is 13.8. The summed E-state index contributed by atoms with van der Waals surface area (Å²) in [6.07, 6.45) is 0. The molecule has 0 unspecified atom stereocenters. The van der Waals surface area contributed by atoms with Crippen molar-refractivity contribution in [3.05, 3.63) is 47.3 Å². The van der Waals surface area contributed by atoms with Gasteiger partial charge in [-0.15, -0.1) is 0 Å². The molecule has 6 heteroatoms. The smallest absolute Gasteiger partial charge is 0.339 e. The predicted octanol–water partition coefficient (Wildman–Crippen LogP) is 1.77. The van der Waals surface area contributed by atoms with Crippen molar-refractivity contribution in [2.75, 3.05) is 12.4 Å². The highest BCUT2D eigenvalue weighted by atomic mass is 16.5. The van der Waals surface area contributed by atoms with Crippen LogP contribution in [0, 0.1) is 6.92 Å². The summed E-state index contributed by atoms with van der Waals surface area (Å²) >= 11 is 0. The molecule has 1 amide bonds. The van der Waals surface area contributed by atoms with E-state index in [0.717, 1.165) is 5.69 Å². The van der Waals surface area contributed by atoms with E-state index in [4.69, 9.17) is 0 Å². The Morgan fingerprint density at radius 3 is 2.60 bits per heavy atom. The van der Waals surface area contributed by atoms with Crippen LogP contribution < -0.4 is 5.32 Å². The summed E-state index contributed by atoms with van der Waals surface area (Å²) in [5.41, 5.74) is 1.88. The summed E-state index contributed by atoms with van der Waals surface area (Å²) in [6, 6.07) is 8.35. The van der Waals surface area contributed by atoms with Gasteiger partial charge in [0, 0.05) is 7.05 Å². The van der Waals surface area contributed by atoms with E-state index in [1.807, 2.05) is 0 Å². The molecule has 0 bridgehead atoms. The number of aryl methyl sites for hydroxylation is 2. The molecule has 0 atom stereocenters. The number of carbonyl (C=O) groups is 2. The highest BCUT2D eigenvalue weighted by molar-refractivity contribution is 6.07. The molecule has 0 radical (unpaired) electrons. The van der Waals surface area contributed by atoms with Crippen molar-refractivity contribution >= 4 is 17.6 Å². The van der Waals surface area contributed by atoms with Crippen molar-refractivity contribution in [3.63, 3.8) is 0 Å². The predicted molar refractivity (Wildman–Crippen MR) is 73.7 cm³/mol. The minimum atomic E-state index is -0.498. The summed E-state index contributed by atoms with van der Waals surface area (Å²) in [5, 5.41) is 6.81. The van der Waals surface area contributed by atoms with Crippen LogP contribution in [0.15, 0.2) is 30.3 Å². The molecule has 1 heterocycles. The monoisotopic (exact) mass is 273 g/mol. The Hall–Kier alpha value is -2.63. The first-order chi connectivity index (χ1) is 9.52. The Balaban J connectivity index is 2.29. The lowest BCUT2D eigenvalue weighted by Gasteiger charge is -2.09. The van der Waals surface area contributed by atoms with Crippen molar-refractivity contribution < 1.29 is 14.3 Å². The molecule has 0 spiro atoms. The summed E-state index contributed by atoms with van der Waals surface area (Å²) < 4.78 is 6.18. The highest BCUT2D eigenvalue weighted by Crippen LogP contribution is 2.17. The molecule has 2 aromatic rings. The Labute approximate surface area is 116 Å². The molecular formula is C14H15N3O3. The van der Waals surface area contributed by atoms with Crippen LogP contribution in [0.2, 0.25) is 0 Å². The average Bonchev–Trinajstić information content (AvgIpc) is 2.77. The number of anilines is 1. The maximum atomic E-state index is 12.2. The molecule has 1 aromatic heterocycles. The van der Waals surface area contributed by atoms with Crippen LogP contribution in [-0.4, -0.2) is 28.8 Å². The summed E-state index contributed by atoms with van der Waals surface area (Å²) in [6.45, 7) is 1.80. The van der Waals surface area contributed by atoms with E-state index in [0.29, 0.717) is 16.9 Å². The second-order valence-electron chi connectivity index (χ2n) is 4.29. The zero-order valence-corrected chi connectivity index (χ0v) is 11.5. The van der Waals surface area contributed by atoms with Gasteiger partial charge in [0.25, 0.3) is 5.91 Å². The van der Waals surface area contributed by atoms with Crippen LogP contribution >= 0.6 is 0 Å². The summed E-state index contributed by atoms with van der Waals surface area (Å²) in [4.78, 5) is 23.8. The average molecular weight is 273 g/mol. The van der Waals surface area contributed by atoms with Crippen LogP contribution in [0.5, 0.6) is 0 Å². The third kappa shape index (κ3) is 2.69. The minimum Gasteiger partial charge on any atom is -0.465 e. The lowest BCUT2D eigenvalue weighted by molar-refractivity contribution is 0.0602. The first-order valence-electron chi connectivity index (χ1n) is 6.02. The second-order valence-corrected chi connectivity index (χ2v) is 4.29. The van der Waals surface area contributed by atoms with Crippen molar-refractivity contribution in [2.45, 2.75) is 6.92 Å². The second kappa shape index (κ2) is 5.56. The Bertz CT molecular complexity index is 661. The van der Waals surface area contributed by atoms with Crippen LogP contribution in [-0.2, 0) is 11.8 Å². The fourth-order valence-corrected chi connectivity index (χ4v) is 1.89. The lowest BCUT2D eigenvalue weighted by Crippen LogP contribution is -2.18. The van der Waals surface area contributed by atoms with Gasteiger partial charge in [-0.3, -0.25) is 9.48 Å². The molecule has 0 saturated carbocycles. The van der Waals surface area contributed by atoms with Gasteiger partial charge in [-0.25, -0.2) is 4.79 Å². The molecule has 104 valence electrons. The van der Waals surface area contributed by atoms with E-state index in [2.05, 4.69) is 15.2 Å². The van der Waals surface area contributed by atoms with Gasteiger partial charge in [-0.1, -0.05) is 12.1 Å². The van der Waals surface area contributed by atoms with Gasteiger partial charge in [-0.05, 0) is 25.1 Å². The number of benzene rings is 1. The molecule has 2 rings (SSSR count). The van der Waals surface area contributed by atoms with E-state index in [1.165, 1.54) is 11.8 Å².